The zero-order valence-corrected chi connectivity index (χ0v) is 20.2. The third-order valence-electron chi connectivity index (χ3n) is 5.77. The minimum atomic E-state index is -0.431. The van der Waals surface area contributed by atoms with Crippen molar-refractivity contribution in [1.29, 1.82) is 0 Å². The van der Waals surface area contributed by atoms with Crippen molar-refractivity contribution in [2.24, 2.45) is 0 Å². The summed E-state index contributed by atoms with van der Waals surface area (Å²) in [6, 6.07) is 20.8. The Kier molecular flexibility index (Phi) is 7.54. The molecule has 3 rings (SSSR count). The molecule has 5 nitrogen and oxygen atoms in total. The zero-order valence-electron chi connectivity index (χ0n) is 20.2. The highest BCUT2D eigenvalue weighted by atomic mass is 16.5. The quantitative estimate of drug-likeness (QED) is 0.410. The van der Waals surface area contributed by atoms with Crippen LogP contribution in [0.5, 0.6) is 0 Å². The Morgan fingerprint density at radius 2 is 1.36 bits per heavy atom. The van der Waals surface area contributed by atoms with E-state index in [4.69, 9.17) is 4.74 Å². The van der Waals surface area contributed by atoms with Crippen molar-refractivity contribution in [3.05, 3.63) is 89.0 Å². The largest absolute Gasteiger partial charge is 0.465 e. The number of amides is 1. The number of carbonyl (C=O) groups excluding carboxylic acids is 2. The van der Waals surface area contributed by atoms with Gasteiger partial charge in [-0.3, -0.25) is 4.79 Å². The molecular weight excluding hydrogens is 412 g/mol. The number of nitrogens with zero attached hydrogens (tertiary/aromatic N) is 1. The SMILES string of the molecule is COC(=O)c1ccc(C(=O)Nc2cc(C(C)C)c(C(C)C)cc2N(C)c2ccccc2)cc1. The number of rotatable bonds is 7. The van der Waals surface area contributed by atoms with Gasteiger partial charge in [0.1, 0.15) is 0 Å². The lowest BCUT2D eigenvalue weighted by atomic mass is 9.89. The Morgan fingerprint density at radius 1 is 0.818 bits per heavy atom. The first kappa shape index (κ1) is 24.1. The van der Waals surface area contributed by atoms with Gasteiger partial charge in [0.2, 0.25) is 0 Å². The Balaban J connectivity index is 2.04. The Hall–Kier alpha value is -3.60. The van der Waals surface area contributed by atoms with Gasteiger partial charge in [-0.05, 0) is 71.5 Å². The monoisotopic (exact) mass is 444 g/mol. The first-order chi connectivity index (χ1) is 15.7. The van der Waals surface area contributed by atoms with Crippen LogP contribution in [0, 0.1) is 0 Å². The summed E-state index contributed by atoms with van der Waals surface area (Å²) in [6.45, 7) is 8.71. The van der Waals surface area contributed by atoms with Crippen LogP contribution in [0.4, 0.5) is 17.1 Å². The van der Waals surface area contributed by atoms with Crippen LogP contribution in [-0.4, -0.2) is 26.0 Å². The van der Waals surface area contributed by atoms with Gasteiger partial charge in [0.15, 0.2) is 0 Å². The maximum atomic E-state index is 13.1. The molecule has 0 aliphatic heterocycles. The first-order valence-corrected chi connectivity index (χ1v) is 11.2. The highest BCUT2D eigenvalue weighted by molar-refractivity contribution is 6.06. The Morgan fingerprint density at radius 3 is 1.91 bits per heavy atom. The van der Waals surface area contributed by atoms with Crippen molar-refractivity contribution in [2.75, 3.05) is 24.4 Å². The number of nitrogens with one attached hydrogen (secondary N) is 1. The van der Waals surface area contributed by atoms with E-state index in [9.17, 15) is 9.59 Å². The molecule has 0 fully saturated rings. The van der Waals surface area contributed by atoms with Crippen LogP contribution in [0.2, 0.25) is 0 Å². The van der Waals surface area contributed by atoms with E-state index in [0.717, 1.165) is 17.1 Å². The molecule has 0 heterocycles. The Bertz CT molecular complexity index is 1120. The lowest BCUT2D eigenvalue weighted by Gasteiger charge is -2.27. The van der Waals surface area contributed by atoms with Crippen LogP contribution >= 0.6 is 0 Å². The number of hydrogen-bond donors (Lipinski definition) is 1. The minimum Gasteiger partial charge on any atom is -0.465 e. The van der Waals surface area contributed by atoms with Crippen molar-refractivity contribution in [3.63, 3.8) is 0 Å². The smallest absolute Gasteiger partial charge is 0.337 e. The maximum absolute atomic E-state index is 13.1. The fraction of sp³-hybridized carbons (Fsp3) is 0.286. The third-order valence-corrected chi connectivity index (χ3v) is 5.77. The summed E-state index contributed by atoms with van der Waals surface area (Å²) in [5.41, 5.74) is 6.06. The lowest BCUT2D eigenvalue weighted by Crippen LogP contribution is -2.18. The van der Waals surface area contributed by atoms with Crippen LogP contribution in [0.15, 0.2) is 66.7 Å². The van der Waals surface area contributed by atoms with Gasteiger partial charge in [0, 0.05) is 18.3 Å². The van der Waals surface area contributed by atoms with E-state index in [1.165, 1.54) is 18.2 Å². The summed E-state index contributed by atoms with van der Waals surface area (Å²) in [4.78, 5) is 26.9. The van der Waals surface area contributed by atoms with Crippen LogP contribution < -0.4 is 10.2 Å². The topological polar surface area (TPSA) is 58.6 Å². The van der Waals surface area contributed by atoms with Gasteiger partial charge < -0.3 is 15.0 Å². The molecule has 172 valence electrons. The van der Waals surface area contributed by atoms with Crippen molar-refractivity contribution < 1.29 is 14.3 Å². The van der Waals surface area contributed by atoms with E-state index in [0.29, 0.717) is 23.0 Å². The molecule has 0 atom stereocenters. The molecule has 3 aromatic carbocycles. The van der Waals surface area contributed by atoms with Crippen molar-refractivity contribution in [2.45, 2.75) is 39.5 Å². The zero-order chi connectivity index (χ0) is 24.1. The second-order valence-electron chi connectivity index (χ2n) is 8.73. The van der Waals surface area contributed by atoms with Gasteiger partial charge in [-0.1, -0.05) is 45.9 Å². The molecule has 0 radical (unpaired) electrons. The van der Waals surface area contributed by atoms with Gasteiger partial charge in [0.05, 0.1) is 24.0 Å². The van der Waals surface area contributed by atoms with Crippen LogP contribution in [0.1, 0.15) is 71.4 Å². The molecule has 0 spiro atoms. The van der Waals surface area contributed by atoms with Gasteiger partial charge in [-0.2, -0.15) is 0 Å². The molecule has 0 aromatic heterocycles. The standard InChI is InChI=1S/C28H32N2O3/c1-18(2)23-16-25(29-27(31)20-12-14-21(15-13-20)28(32)33-6)26(17-24(23)19(3)4)30(5)22-10-8-7-9-11-22/h7-19H,1-6H3,(H,29,31). The van der Waals surface area contributed by atoms with Crippen LogP contribution in [0.3, 0.4) is 0 Å². The second kappa shape index (κ2) is 10.3. The fourth-order valence-electron chi connectivity index (χ4n) is 3.86. The average Bonchev–Trinajstić information content (AvgIpc) is 2.83. The molecule has 5 heteroatoms. The van der Waals surface area contributed by atoms with E-state index in [1.54, 1.807) is 24.3 Å². The van der Waals surface area contributed by atoms with Gasteiger partial charge in [-0.15, -0.1) is 0 Å². The van der Waals surface area contributed by atoms with E-state index < -0.39 is 5.97 Å². The molecule has 0 saturated heterocycles. The molecule has 0 aliphatic rings. The minimum absolute atomic E-state index is 0.235. The molecule has 0 saturated carbocycles. The molecule has 0 unspecified atom stereocenters. The number of esters is 1. The van der Waals surface area contributed by atoms with Crippen LogP contribution in [-0.2, 0) is 4.74 Å². The predicted octanol–water partition coefficient (Wildman–Crippen LogP) is 6.74. The number of carbonyl (C=O) groups is 2. The molecule has 1 amide bonds. The molecule has 1 N–H and O–H groups in total. The van der Waals surface area contributed by atoms with E-state index in [1.807, 2.05) is 37.4 Å². The summed E-state index contributed by atoms with van der Waals surface area (Å²) < 4.78 is 4.74. The van der Waals surface area contributed by atoms with E-state index >= 15 is 0 Å². The summed E-state index contributed by atoms with van der Waals surface area (Å²) in [7, 11) is 3.34. The number of para-hydroxylation sites is 1. The molecule has 33 heavy (non-hydrogen) atoms. The molecule has 0 aliphatic carbocycles. The van der Waals surface area contributed by atoms with Crippen molar-refractivity contribution in [1.82, 2.24) is 0 Å². The summed E-state index contributed by atoms with van der Waals surface area (Å²) >= 11 is 0. The highest BCUT2D eigenvalue weighted by Gasteiger charge is 2.20. The molecule has 0 bridgehead atoms. The van der Waals surface area contributed by atoms with Crippen molar-refractivity contribution in [3.8, 4) is 0 Å². The van der Waals surface area contributed by atoms with Crippen LogP contribution in [0.25, 0.3) is 0 Å². The third kappa shape index (κ3) is 5.43. The summed E-state index contributed by atoms with van der Waals surface area (Å²) in [5.74, 6) is -0.00451. The number of ether oxygens (including phenoxy) is 1. The summed E-state index contributed by atoms with van der Waals surface area (Å²) in [6.07, 6.45) is 0. The maximum Gasteiger partial charge on any atom is 0.337 e. The van der Waals surface area contributed by atoms with Gasteiger partial charge in [0.25, 0.3) is 5.91 Å². The van der Waals surface area contributed by atoms with Gasteiger partial charge >= 0.3 is 5.97 Å². The second-order valence-corrected chi connectivity index (χ2v) is 8.73. The van der Waals surface area contributed by atoms with Gasteiger partial charge in [-0.25, -0.2) is 4.79 Å². The predicted molar refractivity (Wildman–Crippen MR) is 135 cm³/mol. The van der Waals surface area contributed by atoms with E-state index in [2.05, 4.69) is 50.0 Å². The first-order valence-electron chi connectivity index (χ1n) is 11.2. The Labute approximate surface area is 196 Å². The number of methoxy groups -OCH3 is 1. The normalized spacial score (nSPS) is 10.9. The number of benzene rings is 3. The molecular formula is C28H32N2O3. The van der Waals surface area contributed by atoms with E-state index in [-0.39, 0.29) is 5.91 Å². The summed E-state index contributed by atoms with van der Waals surface area (Å²) in [5, 5.41) is 3.10. The number of anilines is 3. The highest BCUT2D eigenvalue weighted by Crippen LogP contribution is 2.38. The number of hydrogen-bond acceptors (Lipinski definition) is 4. The lowest BCUT2D eigenvalue weighted by molar-refractivity contribution is 0.0600. The van der Waals surface area contributed by atoms with Crippen molar-refractivity contribution >= 4 is 28.9 Å². The fourth-order valence-corrected chi connectivity index (χ4v) is 3.86. The molecule has 3 aromatic rings. The average molecular weight is 445 g/mol.